The first kappa shape index (κ1) is 11.7. The highest BCUT2D eigenvalue weighted by Crippen LogP contribution is 2.15. The molecule has 13 heavy (non-hydrogen) atoms. The van der Waals surface area contributed by atoms with Crippen molar-refractivity contribution in [2.75, 3.05) is 17.6 Å². The van der Waals surface area contributed by atoms with Crippen LogP contribution in [0.1, 0.15) is 32.6 Å². The maximum absolute atomic E-state index is 5.67. The van der Waals surface area contributed by atoms with Gasteiger partial charge in [0.05, 0.1) is 6.61 Å². The van der Waals surface area contributed by atoms with E-state index in [0.717, 1.165) is 19.6 Å². The number of hydrogen-bond donors (Lipinski definition) is 0. The first-order valence-corrected chi connectivity index (χ1v) is 6.64. The van der Waals surface area contributed by atoms with Gasteiger partial charge in [-0.3, -0.25) is 0 Å². The zero-order valence-corrected chi connectivity index (χ0v) is 10.5. The van der Waals surface area contributed by atoms with E-state index in [-0.39, 0.29) is 6.29 Å². The molecule has 0 bridgehead atoms. The lowest BCUT2D eigenvalue weighted by Gasteiger charge is -2.24. The van der Waals surface area contributed by atoms with E-state index in [1.807, 2.05) is 0 Å². The molecule has 3 heteroatoms. The summed E-state index contributed by atoms with van der Waals surface area (Å²) in [5.74, 6) is 0.669. The van der Waals surface area contributed by atoms with Gasteiger partial charge < -0.3 is 9.47 Å². The van der Waals surface area contributed by atoms with E-state index in [0.29, 0.717) is 5.92 Å². The monoisotopic (exact) mass is 298 g/mol. The van der Waals surface area contributed by atoms with Crippen LogP contribution in [0.25, 0.3) is 0 Å². The minimum Gasteiger partial charge on any atom is -0.353 e. The van der Waals surface area contributed by atoms with Crippen molar-refractivity contribution < 1.29 is 9.47 Å². The molecule has 0 saturated carbocycles. The Morgan fingerprint density at radius 1 is 1.54 bits per heavy atom. The molecule has 1 saturated heterocycles. The Labute approximate surface area is 94.5 Å². The van der Waals surface area contributed by atoms with Gasteiger partial charge in [0.25, 0.3) is 0 Å². The quantitative estimate of drug-likeness (QED) is 0.574. The fourth-order valence-corrected chi connectivity index (χ4v) is 2.45. The van der Waals surface area contributed by atoms with Gasteiger partial charge in [0.1, 0.15) is 0 Å². The molecule has 0 radical (unpaired) electrons. The van der Waals surface area contributed by atoms with Crippen LogP contribution in [0.2, 0.25) is 0 Å². The van der Waals surface area contributed by atoms with Crippen LogP contribution in [0.15, 0.2) is 0 Å². The second-order valence-electron chi connectivity index (χ2n) is 3.71. The first-order valence-electron chi connectivity index (χ1n) is 5.12. The SMILES string of the molecule is C[C@H](CCI)COC1CCCCO1. The minimum absolute atomic E-state index is 0.0883. The van der Waals surface area contributed by atoms with E-state index in [9.17, 15) is 0 Å². The van der Waals surface area contributed by atoms with Crippen LogP contribution in [-0.4, -0.2) is 23.9 Å². The lowest BCUT2D eigenvalue weighted by atomic mass is 10.1. The average Bonchev–Trinajstić information content (AvgIpc) is 2.17. The third-order valence-electron chi connectivity index (χ3n) is 2.31. The Morgan fingerprint density at radius 2 is 2.38 bits per heavy atom. The van der Waals surface area contributed by atoms with Crippen molar-refractivity contribution in [1.29, 1.82) is 0 Å². The van der Waals surface area contributed by atoms with Crippen LogP contribution in [0, 0.1) is 5.92 Å². The summed E-state index contributed by atoms with van der Waals surface area (Å²) in [6, 6.07) is 0. The van der Waals surface area contributed by atoms with E-state index < -0.39 is 0 Å². The van der Waals surface area contributed by atoms with Crippen molar-refractivity contribution in [2.45, 2.75) is 38.9 Å². The Hall–Kier alpha value is 0.650. The number of halogens is 1. The van der Waals surface area contributed by atoms with Gasteiger partial charge in [-0.15, -0.1) is 0 Å². The molecule has 0 spiro atoms. The predicted octanol–water partition coefficient (Wildman–Crippen LogP) is 2.99. The van der Waals surface area contributed by atoms with Gasteiger partial charge in [-0.1, -0.05) is 29.5 Å². The van der Waals surface area contributed by atoms with Crippen molar-refractivity contribution in [1.82, 2.24) is 0 Å². The summed E-state index contributed by atoms with van der Waals surface area (Å²) in [7, 11) is 0. The summed E-state index contributed by atoms with van der Waals surface area (Å²) in [6.45, 7) is 3.97. The Balaban J connectivity index is 2.03. The summed E-state index contributed by atoms with van der Waals surface area (Å²) in [5, 5.41) is 0. The molecule has 0 aromatic carbocycles. The second kappa shape index (κ2) is 7.01. The normalized spacial score (nSPS) is 25.8. The van der Waals surface area contributed by atoms with Gasteiger partial charge in [0.2, 0.25) is 0 Å². The first-order chi connectivity index (χ1) is 6.33. The average molecular weight is 298 g/mol. The summed E-state index contributed by atoms with van der Waals surface area (Å²) >= 11 is 2.41. The molecule has 1 heterocycles. The zero-order valence-electron chi connectivity index (χ0n) is 8.30. The highest BCUT2D eigenvalue weighted by Gasteiger charge is 2.14. The van der Waals surface area contributed by atoms with E-state index in [4.69, 9.17) is 9.47 Å². The van der Waals surface area contributed by atoms with E-state index in [1.165, 1.54) is 23.7 Å². The summed E-state index contributed by atoms with van der Waals surface area (Å²) in [4.78, 5) is 0. The molecular weight excluding hydrogens is 279 g/mol. The van der Waals surface area contributed by atoms with E-state index in [1.54, 1.807) is 0 Å². The van der Waals surface area contributed by atoms with Crippen LogP contribution in [0.3, 0.4) is 0 Å². The minimum atomic E-state index is 0.0883. The van der Waals surface area contributed by atoms with Gasteiger partial charge in [-0.05, 0) is 36.0 Å². The molecule has 1 unspecified atom stereocenters. The number of alkyl halides is 1. The molecule has 1 fully saturated rings. The molecule has 0 aliphatic carbocycles. The summed E-state index contributed by atoms with van der Waals surface area (Å²) < 4.78 is 12.4. The predicted molar refractivity (Wildman–Crippen MR) is 62.2 cm³/mol. The molecule has 2 atom stereocenters. The molecule has 0 aromatic rings. The molecule has 78 valence electrons. The number of hydrogen-bond acceptors (Lipinski definition) is 2. The highest BCUT2D eigenvalue weighted by molar-refractivity contribution is 14.1. The number of ether oxygens (including phenoxy) is 2. The second-order valence-corrected chi connectivity index (χ2v) is 4.79. The Morgan fingerprint density at radius 3 is 3.00 bits per heavy atom. The zero-order chi connectivity index (χ0) is 9.52. The van der Waals surface area contributed by atoms with Gasteiger partial charge in [0.15, 0.2) is 6.29 Å². The molecule has 1 aliphatic rings. The fraction of sp³-hybridized carbons (Fsp3) is 1.00. The van der Waals surface area contributed by atoms with Crippen LogP contribution < -0.4 is 0 Å². The maximum Gasteiger partial charge on any atom is 0.157 e. The molecule has 2 nitrogen and oxygen atoms in total. The van der Waals surface area contributed by atoms with Crippen molar-refractivity contribution in [3.05, 3.63) is 0 Å². The third-order valence-corrected chi connectivity index (χ3v) is 2.93. The lowest BCUT2D eigenvalue weighted by Crippen LogP contribution is -2.24. The molecule has 0 aromatic heterocycles. The van der Waals surface area contributed by atoms with Gasteiger partial charge in [-0.25, -0.2) is 0 Å². The maximum atomic E-state index is 5.67. The molecule has 1 aliphatic heterocycles. The fourth-order valence-electron chi connectivity index (χ4n) is 1.38. The smallest absolute Gasteiger partial charge is 0.157 e. The van der Waals surface area contributed by atoms with Crippen LogP contribution >= 0.6 is 22.6 Å². The standard InChI is InChI=1S/C10H19IO2/c1-9(5-6-11)8-13-10-4-2-3-7-12-10/h9-10H,2-8H2,1H3/t9-,10?/m1/s1. The van der Waals surface area contributed by atoms with Crippen LogP contribution in [-0.2, 0) is 9.47 Å². The topological polar surface area (TPSA) is 18.5 Å². The van der Waals surface area contributed by atoms with E-state index >= 15 is 0 Å². The molecule has 1 rings (SSSR count). The van der Waals surface area contributed by atoms with Crippen molar-refractivity contribution in [2.24, 2.45) is 5.92 Å². The summed E-state index contributed by atoms with van der Waals surface area (Å²) in [5.41, 5.74) is 0. The molecule has 0 amide bonds. The van der Waals surface area contributed by atoms with Crippen molar-refractivity contribution >= 4 is 22.6 Å². The van der Waals surface area contributed by atoms with Crippen LogP contribution in [0.5, 0.6) is 0 Å². The van der Waals surface area contributed by atoms with Crippen molar-refractivity contribution in [3.8, 4) is 0 Å². The Bertz CT molecular complexity index is 124. The summed E-state index contributed by atoms with van der Waals surface area (Å²) in [6.07, 6.45) is 4.86. The Kier molecular flexibility index (Phi) is 6.32. The lowest BCUT2D eigenvalue weighted by molar-refractivity contribution is -0.168. The molecular formula is C10H19IO2. The van der Waals surface area contributed by atoms with Gasteiger partial charge in [-0.2, -0.15) is 0 Å². The third kappa shape index (κ3) is 5.18. The van der Waals surface area contributed by atoms with Crippen LogP contribution in [0.4, 0.5) is 0 Å². The number of rotatable bonds is 5. The van der Waals surface area contributed by atoms with Gasteiger partial charge in [0, 0.05) is 6.61 Å². The molecule has 0 N–H and O–H groups in total. The highest BCUT2D eigenvalue weighted by atomic mass is 127. The van der Waals surface area contributed by atoms with E-state index in [2.05, 4.69) is 29.5 Å². The van der Waals surface area contributed by atoms with Gasteiger partial charge >= 0.3 is 0 Å². The van der Waals surface area contributed by atoms with Crippen molar-refractivity contribution in [3.63, 3.8) is 0 Å². The largest absolute Gasteiger partial charge is 0.353 e.